The third kappa shape index (κ3) is 1.77. The Morgan fingerprint density at radius 1 is 1.31 bits per heavy atom. The monoisotopic (exact) mass is 271 g/mol. The molecule has 64 valence electrons. The highest BCUT2D eigenvalue weighted by Gasteiger charge is 2.07. The van der Waals surface area contributed by atoms with E-state index in [-0.39, 0.29) is 0 Å². The van der Waals surface area contributed by atoms with Crippen LogP contribution in [-0.2, 0) is 0 Å². The van der Waals surface area contributed by atoms with Gasteiger partial charge in [-0.15, -0.1) is 21.5 Å². The molecule has 0 aromatic carbocycles. The number of hydrogen-bond donors (Lipinski definition) is 0. The first-order chi connectivity index (χ1) is 6.29. The molecule has 0 fully saturated rings. The summed E-state index contributed by atoms with van der Waals surface area (Å²) in [6, 6.07) is 5.76. The lowest BCUT2D eigenvalue weighted by Crippen LogP contribution is -1.68. The van der Waals surface area contributed by atoms with Crippen LogP contribution in [0.25, 0.3) is 9.88 Å². The topological polar surface area (TPSA) is 49.6 Å². The largest absolute Gasteiger partial charge is 0.192 e. The summed E-state index contributed by atoms with van der Waals surface area (Å²) >= 11 is 6.12. The summed E-state index contributed by atoms with van der Waals surface area (Å²) < 4.78 is 0.759. The van der Waals surface area contributed by atoms with Crippen molar-refractivity contribution in [3.05, 3.63) is 20.9 Å². The molecule has 0 radical (unpaired) electrons. The summed E-state index contributed by atoms with van der Waals surface area (Å²) in [6.45, 7) is 0. The quantitative estimate of drug-likeness (QED) is 0.802. The first kappa shape index (κ1) is 8.81. The van der Waals surface area contributed by atoms with E-state index in [0.29, 0.717) is 4.88 Å². The van der Waals surface area contributed by atoms with E-state index in [2.05, 4.69) is 32.2 Å². The fourth-order valence-corrected chi connectivity index (χ4v) is 2.78. The number of halogens is 1. The van der Waals surface area contributed by atoms with Crippen LogP contribution in [0.5, 0.6) is 0 Å². The molecule has 2 aromatic heterocycles. The summed E-state index contributed by atoms with van der Waals surface area (Å²) in [7, 11) is 0. The van der Waals surface area contributed by atoms with Crippen molar-refractivity contribution in [2.75, 3.05) is 0 Å². The van der Waals surface area contributed by atoms with E-state index in [4.69, 9.17) is 5.26 Å². The highest BCUT2D eigenvalue weighted by atomic mass is 79.9. The zero-order chi connectivity index (χ0) is 9.26. The second kappa shape index (κ2) is 3.54. The number of aromatic nitrogens is 2. The molecule has 2 aromatic rings. The van der Waals surface area contributed by atoms with E-state index in [1.807, 2.05) is 6.07 Å². The molecular weight excluding hydrogens is 270 g/mol. The Balaban J connectivity index is 2.42. The van der Waals surface area contributed by atoms with Gasteiger partial charge in [-0.25, -0.2) is 0 Å². The third-order valence-corrected chi connectivity index (χ3v) is 3.84. The normalized spacial score (nSPS) is 9.85. The average Bonchev–Trinajstić information content (AvgIpc) is 2.71. The van der Waals surface area contributed by atoms with E-state index < -0.39 is 0 Å². The van der Waals surface area contributed by atoms with E-state index in [0.717, 1.165) is 13.8 Å². The number of thiophene rings is 1. The summed E-state index contributed by atoms with van der Waals surface area (Å²) in [5.41, 5.74) is 0. The van der Waals surface area contributed by atoms with Gasteiger partial charge in [-0.2, -0.15) is 5.26 Å². The molecule has 0 aliphatic carbocycles. The Bertz CT molecular complexity index is 468. The molecule has 0 saturated carbocycles. The van der Waals surface area contributed by atoms with Gasteiger partial charge in [-0.05, 0) is 28.1 Å². The molecule has 0 aliphatic heterocycles. The van der Waals surface area contributed by atoms with Crippen molar-refractivity contribution in [1.29, 1.82) is 5.26 Å². The molecule has 2 heterocycles. The molecule has 0 amide bonds. The Labute approximate surface area is 90.8 Å². The first-order valence-electron chi connectivity index (χ1n) is 3.29. The molecule has 2 rings (SSSR count). The van der Waals surface area contributed by atoms with Crippen molar-refractivity contribution in [2.45, 2.75) is 0 Å². The van der Waals surface area contributed by atoms with Gasteiger partial charge in [0.25, 0.3) is 0 Å². The van der Waals surface area contributed by atoms with Crippen molar-refractivity contribution >= 4 is 38.6 Å². The van der Waals surface area contributed by atoms with Crippen LogP contribution in [-0.4, -0.2) is 10.2 Å². The van der Waals surface area contributed by atoms with Crippen LogP contribution >= 0.6 is 38.6 Å². The van der Waals surface area contributed by atoms with Crippen LogP contribution in [0.2, 0.25) is 0 Å². The van der Waals surface area contributed by atoms with Gasteiger partial charge >= 0.3 is 0 Å². The highest BCUT2D eigenvalue weighted by molar-refractivity contribution is 9.11. The van der Waals surface area contributed by atoms with Crippen molar-refractivity contribution in [2.24, 2.45) is 0 Å². The SMILES string of the molecule is N#Cc1ccc(-c2nnc(Br)s2)s1. The maximum absolute atomic E-state index is 8.62. The zero-order valence-corrected chi connectivity index (χ0v) is 9.41. The van der Waals surface area contributed by atoms with Crippen molar-refractivity contribution in [1.82, 2.24) is 10.2 Å². The summed E-state index contributed by atoms with van der Waals surface area (Å²) in [5.74, 6) is 0. The van der Waals surface area contributed by atoms with Crippen molar-refractivity contribution < 1.29 is 0 Å². The third-order valence-electron chi connectivity index (χ3n) is 1.33. The van der Waals surface area contributed by atoms with E-state index in [1.165, 1.54) is 22.7 Å². The minimum Gasteiger partial charge on any atom is -0.192 e. The van der Waals surface area contributed by atoms with Crippen molar-refractivity contribution in [3.8, 4) is 16.0 Å². The van der Waals surface area contributed by atoms with Crippen LogP contribution in [0.4, 0.5) is 0 Å². The Morgan fingerprint density at radius 3 is 2.69 bits per heavy atom. The van der Waals surface area contributed by atoms with Gasteiger partial charge in [0.1, 0.15) is 10.9 Å². The predicted octanol–water partition coefficient (Wildman–Crippen LogP) is 2.90. The highest BCUT2D eigenvalue weighted by Crippen LogP contribution is 2.31. The molecule has 0 saturated heterocycles. The van der Waals surface area contributed by atoms with Gasteiger partial charge < -0.3 is 0 Å². The van der Waals surface area contributed by atoms with E-state index in [1.54, 1.807) is 6.07 Å². The van der Waals surface area contributed by atoms with Gasteiger partial charge in [-0.1, -0.05) is 11.3 Å². The summed E-state index contributed by atoms with van der Waals surface area (Å²) in [5, 5.41) is 17.3. The maximum atomic E-state index is 8.62. The average molecular weight is 272 g/mol. The van der Waals surface area contributed by atoms with Crippen LogP contribution < -0.4 is 0 Å². The fraction of sp³-hybridized carbons (Fsp3) is 0. The second-order valence-electron chi connectivity index (χ2n) is 2.14. The van der Waals surface area contributed by atoms with Crippen LogP contribution in [0, 0.1) is 11.3 Å². The molecule has 0 bridgehead atoms. The lowest BCUT2D eigenvalue weighted by atomic mass is 10.4. The summed E-state index contributed by atoms with van der Waals surface area (Å²) in [6.07, 6.45) is 0. The minimum atomic E-state index is 0.696. The molecular formula is C7H2BrN3S2. The van der Waals surface area contributed by atoms with Crippen molar-refractivity contribution in [3.63, 3.8) is 0 Å². The van der Waals surface area contributed by atoms with Crippen LogP contribution in [0.1, 0.15) is 4.88 Å². The Morgan fingerprint density at radius 2 is 2.15 bits per heavy atom. The molecule has 0 aliphatic rings. The van der Waals surface area contributed by atoms with Crippen LogP contribution in [0.3, 0.4) is 0 Å². The first-order valence-corrected chi connectivity index (χ1v) is 5.71. The molecule has 0 unspecified atom stereocenters. The predicted molar refractivity (Wildman–Crippen MR) is 55.6 cm³/mol. The Hall–Kier alpha value is -0.770. The van der Waals surface area contributed by atoms with Crippen LogP contribution in [0.15, 0.2) is 16.0 Å². The van der Waals surface area contributed by atoms with E-state index >= 15 is 0 Å². The maximum Gasteiger partial charge on any atom is 0.183 e. The van der Waals surface area contributed by atoms with Gasteiger partial charge in [0.05, 0.1) is 4.88 Å². The molecule has 0 atom stereocenters. The number of nitriles is 1. The molecule has 6 heteroatoms. The second-order valence-corrected chi connectivity index (χ2v) is 5.47. The fourth-order valence-electron chi connectivity index (χ4n) is 0.818. The lowest BCUT2D eigenvalue weighted by Gasteiger charge is -1.82. The lowest BCUT2D eigenvalue weighted by molar-refractivity contribution is 1.08. The molecule has 0 spiro atoms. The van der Waals surface area contributed by atoms with Gasteiger partial charge in [-0.3, -0.25) is 0 Å². The number of rotatable bonds is 1. The summed E-state index contributed by atoms with van der Waals surface area (Å²) in [4.78, 5) is 1.68. The van der Waals surface area contributed by atoms with Gasteiger partial charge in [0, 0.05) is 0 Å². The zero-order valence-electron chi connectivity index (χ0n) is 6.19. The molecule has 0 N–H and O–H groups in total. The minimum absolute atomic E-state index is 0.696. The number of hydrogen-bond acceptors (Lipinski definition) is 5. The smallest absolute Gasteiger partial charge is 0.183 e. The van der Waals surface area contributed by atoms with E-state index in [9.17, 15) is 0 Å². The van der Waals surface area contributed by atoms with Gasteiger partial charge in [0.15, 0.2) is 8.92 Å². The van der Waals surface area contributed by atoms with Gasteiger partial charge in [0.2, 0.25) is 0 Å². The molecule has 13 heavy (non-hydrogen) atoms. The Kier molecular flexibility index (Phi) is 2.40. The standard InChI is InChI=1S/C7H2BrN3S2/c8-7-11-10-6(13-7)5-2-1-4(3-9)12-5/h1-2H. The number of nitrogens with zero attached hydrogens (tertiary/aromatic N) is 3. The molecule has 3 nitrogen and oxygen atoms in total.